The fourth-order valence-corrected chi connectivity index (χ4v) is 2.83. The predicted molar refractivity (Wildman–Crippen MR) is 111 cm³/mol. The van der Waals surface area contributed by atoms with Crippen molar-refractivity contribution in [2.75, 3.05) is 19.7 Å². The highest BCUT2D eigenvalue weighted by Gasteiger charge is 2.25. The third-order valence-electron chi connectivity index (χ3n) is 4.58. The molecule has 28 heavy (non-hydrogen) atoms. The van der Waals surface area contributed by atoms with Crippen LogP contribution in [0.25, 0.3) is 0 Å². The first-order chi connectivity index (χ1) is 13.5. The fraction of sp³-hybridized carbons (Fsp3) is 0.391. The van der Waals surface area contributed by atoms with Crippen molar-refractivity contribution in [3.05, 3.63) is 65.7 Å². The minimum Gasteiger partial charge on any atom is -0.484 e. The van der Waals surface area contributed by atoms with Gasteiger partial charge in [-0.2, -0.15) is 0 Å². The Labute approximate surface area is 167 Å². The minimum atomic E-state index is -0.551. The summed E-state index contributed by atoms with van der Waals surface area (Å²) in [6.07, 6.45) is 1.54. The van der Waals surface area contributed by atoms with Crippen LogP contribution < -0.4 is 10.1 Å². The van der Waals surface area contributed by atoms with Gasteiger partial charge in [0.1, 0.15) is 11.8 Å². The lowest BCUT2D eigenvalue weighted by Crippen LogP contribution is -2.50. The third kappa shape index (κ3) is 6.72. The molecule has 0 bridgehead atoms. The molecule has 0 saturated heterocycles. The summed E-state index contributed by atoms with van der Waals surface area (Å²) in [6.45, 7) is 6.73. The van der Waals surface area contributed by atoms with Crippen molar-refractivity contribution in [2.24, 2.45) is 0 Å². The molecule has 0 aliphatic rings. The van der Waals surface area contributed by atoms with E-state index in [9.17, 15) is 9.59 Å². The molecule has 2 amide bonds. The van der Waals surface area contributed by atoms with Crippen molar-refractivity contribution in [1.82, 2.24) is 10.2 Å². The molecule has 0 fully saturated rings. The number of ether oxygens (including phenoxy) is 1. The molecule has 0 aliphatic carbocycles. The van der Waals surface area contributed by atoms with E-state index >= 15 is 0 Å². The average Bonchev–Trinajstić information content (AvgIpc) is 2.72. The molecule has 0 radical (unpaired) electrons. The SMILES string of the molecule is CCCNC(=O)C(C)N(CCc1ccccc1)C(=O)COc1ccc(C)cc1. The average molecular weight is 383 g/mol. The zero-order valence-corrected chi connectivity index (χ0v) is 17.0. The number of carbonyl (C=O) groups excluding carboxylic acids is 2. The first-order valence-electron chi connectivity index (χ1n) is 9.81. The Bertz CT molecular complexity index is 744. The van der Waals surface area contributed by atoms with Gasteiger partial charge in [0.2, 0.25) is 5.91 Å². The number of hydrogen-bond acceptors (Lipinski definition) is 3. The molecule has 1 unspecified atom stereocenters. The molecule has 2 aromatic carbocycles. The first-order valence-corrected chi connectivity index (χ1v) is 9.81. The van der Waals surface area contributed by atoms with Crippen molar-refractivity contribution in [3.63, 3.8) is 0 Å². The number of hydrogen-bond donors (Lipinski definition) is 1. The van der Waals surface area contributed by atoms with Gasteiger partial charge in [0.05, 0.1) is 0 Å². The Morgan fingerprint density at radius 3 is 2.39 bits per heavy atom. The normalized spacial score (nSPS) is 11.5. The summed E-state index contributed by atoms with van der Waals surface area (Å²) < 4.78 is 5.64. The molecule has 2 rings (SSSR count). The second-order valence-corrected chi connectivity index (χ2v) is 6.89. The number of benzene rings is 2. The van der Waals surface area contributed by atoms with Gasteiger partial charge >= 0.3 is 0 Å². The Morgan fingerprint density at radius 2 is 1.75 bits per heavy atom. The van der Waals surface area contributed by atoms with Crippen LogP contribution in [-0.2, 0) is 16.0 Å². The lowest BCUT2D eigenvalue weighted by Gasteiger charge is -2.28. The van der Waals surface area contributed by atoms with E-state index < -0.39 is 6.04 Å². The molecule has 0 saturated carbocycles. The number of aryl methyl sites for hydroxylation is 1. The van der Waals surface area contributed by atoms with E-state index in [0.29, 0.717) is 25.3 Å². The smallest absolute Gasteiger partial charge is 0.261 e. The molecular weight excluding hydrogens is 352 g/mol. The number of nitrogens with zero attached hydrogens (tertiary/aromatic N) is 1. The summed E-state index contributed by atoms with van der Waals surface area (Å²) in [5.41, 5.74) is 2.25. The molecule has 2 aromatic rings. The first kappa shape index (κ1) is 21.5. The zero-order chi connectivity index (χ0) is 20.4. The van der Waals surface area contributed by atoms with E-state index in [0.717, 1.165) is 17.5 Å². The van der Waals surface area contributed by atoms with Crippen molar-refractivity contribution in [2.45, 2.75) is 39.7 Å². The van der Waals surface area contributed by atoms with Gasteiger partial charge in [-0.25, -0.2) is 0 Å². The van der Waals surface area contributed by atoms with Crippen molar-refractivity contribution >= 4 is 11.8 Å². The lowest BCUT2D eigenvalue weighted by molar-refractivity contribution is -0.141. The van der Waals surface area contributed by atoms with Crippen LogP contribution in [0, 0.1) is 6.92 Å². The van der Waals surface area contributed by atoms with Gasteiger partial charge in [-0.05, 0) is 44.4 Å². The standard InChI is InChI=1S/C23H30N2O3/c1-4-15-24-23(27)19(3)25(16-14-20-8-6-5-7-9-20)22(26)17-28-21-12-10-18(2)11-13-21/h5-13,19H,4,14-17H2,1-3H3,(H,24,27). The van der Waals surface area contributed by atoms with Crippen LogP contribution in [0.4, 0.5) is 0 Å². The summed E-state index contributed by atoms with van der Waals surface area (Å²) >= 11 is 0. The van der Waals surface area contributed by atoms with Crippen LogP contribution in [0.2, 0.25) is 0 Å². The summed E-state index contributed by atoms with van der Waals surface area (Å²) in [6, 6.07) is 17.0. The van der Waals surface area contributed by atoms with Gasteiger partial charge in [0.25, 0.3) is 5.91 Å². The lowest BCUT2D eigenvalue weighted by atomic mass is 10.1. The highest BCUT2D eigenvalue weighted by Crippen LogP contribution is 2.12. The topological polar surface area (TPSA) is 58.6 Å². The van der Waals surface area contributed by atoms with Crippen LogP contribution in [0.5, 0.6) is 5.75 Å². The van der Waals surface area contributed by atoms with E-state index in [-0.39, 0.29) is 18.4 Å². The molecule has 150 valence electrons. The molecule has 0 heterocycles. The molecule has 5 heteroatoms. The Kier molecular flexibility index (Phi) is 8.53. The van der Waals surface area contributed by atoms with Crippen LogP contribution in [0.3, 0.4) is 0 Å². The highest BCUT2D eigenvalue weighted by atomic mass is 16.5. The molecule has 1 N–H and O–H groups in total. The summed E-state index contributed by atoms with van der Waals surface area (Å²) in [7, 11) is 0. The predicted octanol–water partition coefficient (Wildman–Crippen LogP) is 3.36. The Balaban J connectivity index is 2.03. The molecular formula is C23H30N2O3. The highest BCUT2D eigenvalue weighted by molar-refractivity contribution is 5.87. The van der Waals surface area contributed by atoms with Gasteiger partial charge in [0, 0.05) is 13.1 Å². The second-order valence-electron chi connectivity index (χ2n) is 6.89. The van der Waals surface area contributed by atoms with Crippen molar-refractivity contribution < 1.29 is 14.3 Å². The van der Waals surface area contributed by atoms with E-state index in [1.807, 2.05) is 68.4 Å². The number of carbonyl (C=O) groups is 2. The van der Waals surface area contributed by atoms with Gasteiger partial charge in [-0.1, -0.05) is 55.0 Å². The Hall–Kier alpha value is -2.82. The van der Waals surface area contributed by atoms with Crippen molar-refractivity contribution in [3.8, 4) is 5.75 Å². The van der Waals surface area contributed by atoms with Crippen molar-refractivity contribution in [1.29, 1.82) is 0 Å². The third-order valence-corrected chi connectivity index (χ3v) is 4.58. The number of rotatable bonds is 10. The van der Waals surface area contributed by atoms with E-state index in [4.69, 9.17) is 4.74 Å². The van der Waals surface area contributed by atoms with Crippen LogP contribution >= 0.6 is 0 Å². The van der Waals surface area contributed by atoms with Gasteiger partial charge in [-0.3, -0.25) is 9.59 Å². The maximum absolute atomic E-state index is 12.8. The molecule has 0 spiro atoms. The largest absolute Gasteiger partial charge is 0.484 e. The molecule has 1 atom stereocenters. The monoisotopic (exact) mass is 382 g/mol. The Morgan fingerprint density at radius 1 is 1.07 bits per heavy atom. The van der Waals surface area contributed by atoms with E-state index in [2.05, 4.69) is 5.32 Å². The minimum absolute atomic E-state index is 0.0940. The number of nitrogens with one attached hydrogen (secondary N) is 1. The van der Waals surface area contributed by atoms with Crippen LogP contribution in [0.15, 0.2) is 54.6 Å². The summed E-state index contributed by atoms with van der Waals surface area (Å²) in [5, 5.41) is 2.87. The maximum atomic E-state index is 12.8. The fourth-order valence-electron chi connectivity index (χ4n) is 2.83. The van der Waals surface area contributed by atoms with Gasteiger partial charge < -0.3 is 15.0 Å². The quantitative estimate of drug-likeness (QED) is 0.685. The molecule has 0 aliphatic heterocycles. The molecule has 5 nitrogen and oxygen atoms in total. The number of amides is 2. The van der Waals surface area contributed by atoms with E-state index in [1.165, 1.54) is 0 Å². The molecule has 0 aromatic heterocycles. The summed E-state index contributed by atoms with van der Waals surface area (Å²) in [4.78, 5) is 26.9. The van der Waals surface area contributed by atoms with Gasteiger partial charge in [0.15, 0.2) is 6.61 Å². The van der Waals surface area contributed by atoms with Crippen LogP contribution in [-0.4, -0.2) is 42.5 Å². The van der Waals surface area contributed by atoms with E-state index in [1.54, 1.807) is 11.8 Å². The van der Waals surface area contributed by atoms with Gasteiger partial charge in [-0.15, -0.1) is 0 Å². The van der Waals surface area contributed by atoms with Crippen LogP contribution in [0.1, 0.15) is 31.4 Å². The zero-order valence-electron chi connectivity index (χ0n) is 17.0. The summed E-state index contributed by atoms with van der Waals surface area (Å²) in [5.74, 6) is 0.305. The maximum Gasteiger partial charge on any atom is 0.261 e. The second kappa shape index (κ2) is 11.1.